The van der Waals surface area contributed by atoms with Crippen LogP contribution in [0.15, 0.2) is 23.3 Å². The molecule has 0 bridgehead atoms. The molecule has 64 valence electrons. The number of hydrogen-bond acceptors (Lipinski definition) is 1. The molecule has 0 saturated carbocycles. The van der Waals surface area contributed by atoms with Gasteiger partial charge in [-0.15, -0.1) is 0 Å². The first-order valence-corrected chi connectivity index (χ1v) is 3.85. The molecule has 0 spiro atoms. The van der Waals surface area contributed by atoms with Gasteiger partial charge in [0.15, 0.2) is 0 Å². The Labute approximate surface area is 72.2 Å². The van der Waals surface area contributed by atoms with Crippen molar-refractivity contribution in [1.29, 1.82) is 0 Å². The second-order valence-corrected chi connectivity index (χ2v) is 2.72. The smallest absolute Gasteiger partial charge is 0.0614 e. The number of aliphatic hydroxyl groups is 1. The van der Waals surface area contributed by atoms with Crippen molar-refractivity contribution >= 4 is 0 Å². The molecule has 0 atom stereocenters. The first kappa shape index (κ1) is 7.11. The third kappa shape index (κ3) is 7.34. The third-order valence-corrected chi connectivity index (χ3v) is 1.44. The lowest BCUT2D eigenvalue weighted by Gasteiger charge is -1.96. The van der Waals surface area contributed by atoms with Gasteiger partial charge >= 0.3 is 0 Å². The van der Waals surface area contributed by atoms with Crippen molar-refractivity contribution in [3.05, 3.63) is 23.3 Å². The molecule has 11 heavy (non-hydrogen) atoms. The fraction of sp³-hybridized carbons (Fsp3) is 0.600. The van der Waals surface area contributed by atoms with Crippen molar-refractivity contribution in [1.82, 2.24) is 0 Å². The largest absolute Gasteiger partial charge is 0.392 e. The van der Waals surface area contributed by atoms with E-state index in [1.165, 1.54) is 0 Å². The lowest BCUT2D eigenvalue weighted by molar-refractivity contribution is 0.341. The van der Waals surface area contributed by atoms with Gasteiger partial charge in [0.05, 0.1) is 6.61 Å². The summed E-state index contributed by atoms with van der Waals surface area (Å²) >= 11 is 0. The van der Waals surface area contributed by atoms with Crippen LogP contribution in [-0.2, 0) is 0 Å². The highest BCUT2D eigenvalue weighted by Crippen LogP contribution is 2.05. The topological polar surface area (TPSA) is 20.2 Å². The SMILES string of the molecule is [2H]C([2H])/C(C)=C/CC/C(C)=C/CO. The maximum absolute atomic E-state index is 8.58. The van der Waals surface area contributed by atoms with Crippen LogP contribution in [0, 0.1) is 0 Å². The Bertz CT molecular complexity index is 195. The number of aliphatic hydroxyl groups excluding tert-OH is 1. The van der Waals surface area contributed by atoms with Crippen LogP contribution in [-0.4, -0.2) is 11.7 Å². The van der Waals surface area contributed by atoms with Gasteiger partial charge in [0.25, 0.3) is 0 Å². The van der Waals surface area contributed by atoms with Crippen LogP contribution in [0.1, 0.15) is 36.3 Å². The average Bonchev–Trinajstić information content (AvgIpc) is 2.04. The Kier molecular flexibility index (Phi) is 3.99. The highest BCUT2D eigenvalue weighted by Gasteiger charge is 1.86. The Morgan fingerprint density at radius 3 is 2.73 bits per heavy atom. The van der Waals surface area contributed by atoms with Gasteiger partial charge in [-0.25, -0.2) is 0 Å². The Morgan fingerprint density at radius 2 is 2.18 bits per heavy atom. The molecule has 1 heteroatoms. The van der Waals surface area contributed by atoms with Gasteiger partial charge in [0, 0.05) is 2.74 Å². The molecule has 1 N–H and O–H groups in total. The average molecular weight is 156 g/mol. The van der Waals surface area contributed by atoms with Gasteiger partial charge in [-0.2, -0.15) is 0 Å². The van der Waals surface area contributed by atoms with Gasteiger partial charge in [-0.05, 0) is 33.6 Å². The van der Waals surface area contributed by atoms with E-state index in [-0.39, 0.29) is 6.61 Å². The monoisotopic (exact) mass is 156 g/mol. The fourth-order valence-corrected chi connectivity index (χ4v) is 0.785. The Balaban J connectivity index is 3.78. The number of allylic oxidation sites excluding steroid dienone is 3. The van der Waals surface area contributed by atoms with Crippen molar-refractivity contribution in [2.75, 3.05) is 6.61 Å². The van der Waals surface area contributed by atoms with Crippen molar-refractivity contribution in [3.63, 3.8) is 0 Å². The van der Waals surface area contributed by atoms with Crippen LogP contribution < -0.4 is 0 Å². The lowest BCUT2D eigenvalue weighted by Crippen LogP contribution is -1.80. The lowest BCUT2D eigenvalue weighted by atomic mass is 10.1. The van der Waals surface area contributed by atoms with Crippen molar-refractivity contribution < 1.29 is 7.85 Å². The van der Waals surface area contributed by atoms with Gasteiger partial charge in [0.1, 0.15) is 0 Å². The molecule has 0 aromatic heterocycles. The molecule has 0 saturated heterocycles. The third-order valence-electron chi connectivity index (χ3n) is 1.44. The fourth-order valence-electron chi connectivity index (χ4n) is 0.785. The summed E-state index contributed by atoms with van der Waals surface area (Å²) in [6, 6.07) is 0. The normalized spacial score (nSPS) is 16.7. The molecular weight excluding hydrogens is 136 g/mol. The molecule has 0 aliphatic rings. The number of hydrogen-bond donors (Lipinski definition) is 1. The Hall–Kier alpha value is -0.560. The second-order valence-electron chi connectivity index (χ2n) is 2.72. The van der Waals surface area contributed by atoms with Gasteiger partial charge in [-0.3, -0.25) is 0 Å². The van der Waals surface area contributed by atoms with Crippen molar-refractivity contribution in [2.45, 2.75) is 33.6 Å². The summed E-state index contributed by atoms with van der Waals surface area (Å²) in [5, 5.41) is 8.58. The van der Waals surface area contributed by atoms with E-state index in [0.29, 0.717) is 0 Å². The summed E-state index contributed by atoms with van der Waals surface area (Å²) in [5.74, 6) is 0. The molecule has 0 heterocycles. The molecule has 0 aliphatic heterocycles. The molecule has 1 nitrogen and oxygen atoms in total. The quantitative estimate of drug-likeness (QED) is 0.620. The summed E-state index contributed by atoms with van der Waals surface area (Å²) < 4.78 is 14.2. The van der Waals surface area contributed by atoms with E-state index in [1.807, 2.05) is 13.0 Å². The molecule has 0 radical (unpaired) electrons. The molecule has 0 amide bonds. The zero-order valence-corrected chi connectivity index (χ0v) is 7.30. The van der Waals surface area contributed by atoms with Crippen molar-refractivity contribution in [2.24, 2.45) is 0 Å². The van der Waals surface area contributed by atoms with E-state index in [0.717, 1.165) is 24.0 Å². The van der Waals surface area contributed by atoms with Crippen LogP contribution >= 0.6 is 0 Å². The van der Waals surface area contributed by atoms with Crippen LogP contribution in [0.3, 0.4) is 0 Å². The molecule has 0 rings (SSSR count). The molecule has 0 fully saturated rings. The van der Waals surface area contributed by atoms with E-state index in [4.69, 9.17) is 7.85 Å². The predicted molar refractivity (Wildman–Crippen MR) is 49.5 cm³/mol. The minimum atomic E-state index is -0.845. The Morgan fingerprint density at radius 1 is 1.45 bits per heavy atom. The van der Waals surface area contributed by atoms with E-state index < -0.39 is 6.88 Å². The summed E-state index contributed by atoms with van der Waals surface area (Å²) in [7, 11) is 0. The van der Waals surface area contributed by atoms with E-state index >= 15 is 0 Å². The first-order valence-electron chi connectivity index (χ1n) is 5.01. The summed E-state index contributed by atoms with van der Waals surface area (Å²) in [6.45, 7) is 3.02. The predicted octanol–water partition coefficient (Wildman–Crippen LogP) is 2.67. The van der Waals surface area contributed by atoms with E-state index in [1.54, 1.807) is 13.0 Å². The van der Waals surface area contributed by atoms with E-state index in [2.05, 4.69) is 0 Å². The van der Waals surface area contributed by atoms with Crippen LogP contribution in [0.25, 0.3) is 0 Å². The summed E-state index contributed by atoms with van der Waals surface area (Å²) in [5.41, 5.74) is 1.94. The highest BCUT2D eigenvalue weighted by molar-refractivity contribution is 5.01. The van der Waals surface area contributed by atoms with Gasteiger partial charge < -0.3 is 5.11 Å². The zero-order chi connectivity index (χ0) is 10.3. The van der Waals surface area contributed by atoms with Gasteiger partial charge in [0.2, 0.25) is 0 Å². The first-order chi connectivity index (χ1) is 6.07. The minimum Gasteiger partial charge on any atom is -0.392 e. The zero-order valence-electron chi connectivity index (χ0n) is 9.30. The minimum absolute atomic E-state index is 0.0913. The van der Waals surface area contributed by atoms with Crippen LogP contribution in [0.4, 0.5) is 0 Å². The molecule has 0 aliphatic carbocycles. The van der Waals surface area contributed by atoms with Crippen molar-refractivity contribution in [3.8, 4) is 0 Å². The van der Waals surface area contributed by atoms with Crippen LogP contribution in [0.2, 0.25) is 0 Å². The molecular formula is C10H18O. The maximum Gasteiger partial charge on any atom is 0.0614 e. The summed E-state index contributed by atoms with van der Waals surface area (Å²) in [4.78, 5) is 0. The highest BCUT2D eigenvalue weighted by atomic mass is 16.2. The second kappa shape index (κ2) is 6.17. The standard InChI is InChI=1S/C10H18O/c1-9(2)5-4-6-10(3)7-8-11/h5,7,11H,4,6,8H2,1-3H3/b10-7+/i1D2/b9-5-,10-7+. The molecule has 0 aromatic carbocycles. The van der Waals surface area contributed by atoms with Gasteiger partial charge in [-0.1, -0.05) is 23.3 Å². The number of rotatable bonds is 4. The molecule has 0 aromatic rings. The summed E-state index contributed by atoms with van der Waals surface area (Å²) in [6.07, 6.45) is 5.44. The molecule has 0 unspecified atom stereocenters. The maximum atomic E-state index is 8.58. The van der Waals surface area contributed by atoms with E-state index in [9.17, 15) is 0 Å². The van der Waals surface area contributed by atoms with Crippen LogP contribution in [0.5, 0.6) is 0 Å².